The third-order valence-electron chi connectivity index (χ3n) is 3.64. The van der Waals surface area contributed by atoms with Crippen LogP contribution in [0, 0.1) is 0 Å². The smallest absolute Gasteiger partial charge is 0.253 e. The summed E-state index contributed by atoms with van der Waals surface area (Å²) in [5, 5.41) is 6.39. The number of carbonyl (C=O) groups excluding carboxylic acids is 1. The molecule has 1 heterocycles. The fraction of sp³-hybridized carbons (Fsp3) is 0.562. The van der Waals surface area contributed by atoms with Crippen molar-refractivity contribution in [3.63, 3.8) is 0 Å². The van der Waals surface area contributed by atoms with Crippen LogP contribution in [0.3, 0.4) is 0 Å². The van der Waals surface area contributed by atoms with E-state index < -0.39 is 0 Å². The highest BCUT2D eigenvalue weighted by Gasteiger charge is 2.16. The highest BCUT2D eigenvalue weighted by molar-refractivity contribution is 6.00. The summed E-state index contributed by atoms with van der Waals surface area (Å²) in [5.41, 5.74) is 3.08. The summed E-state index contributed by atoms with van der Waals surface area (Å²) in [5.74, 6) is 0.0427. The predicted molar refractivity (Wildman–Crippen MR) is 83.4 cm³/mol. The van der Waals surface area contributed by atoms with Gasteiger partial charge in [-0.05, 0) is 58.0 Å². The molecule has 4 heteroatoms. The topological polar surface area (TPSA) is 44.4 Å². The first-order valence-corrected chi connectivity index (χ1v) is 7.47. The van der Waals surface area contributed by atoms with Gasteiger partial charge in [0.1, 0.15) is 0 Å². The molecule has 0 aliphatic carbocycles. The van der Waals surface area contributed by atoms with Crippen molar-refractivity contribution < 1.29 is 4.79 Å². The van der Waals surface area contributed by atoms with Gasteiger partial charge in [0.25, 0.3) is 5.91 Å². The molecule has 4 nitrogen and oxygen atoms in total. The Kier molecular flexibility index (Phi) is 5.41. The highest BCUT2D eigenvalue weighted by Crippen LogP contribution is 2.25. The van der Waals surface area contributed by atoms with Crippen LogP contribution in [0.1, 0.15) is 35.2 Å². The van der Waals surface area contributed by atoms with Gasteiger partial charge in [-0.25, -0.2) is 0 Å². The third-order valence-corrected chi connectivity index (χ3v) is 3.64. The lowest BCUT2D eigenvalue weighted by molar-refractivity contribution is 0.0953. The summed E-state index contributed by atoms with van der Waals surface area (Å²) >= 11 is 0. The minimum Gasteiger partial charge on any atom is -0.384 e. The van der Waals surface area contributed by atoms with Crippen molar-refractivity contribution in [3.05, 3.63) is 29.3 Å². The highest BCUT2D eigenvalue weighted by atomic mass is 16.1. The van der Waals surface area contributed by atoms with Crippen LogP contribution in [0.25, 0.3) is 0 Å². The summed E-state index contributed by atoms with van der Waals surface area (Å²) in [6.07, 6.45) is 4.33. The van der Waals surface area contributed by atoms with Crippen molar-refractivity contribution in [2.45, 2.75) is 25.7 Å². The van der Waals surface area contributed by atoms with Crippen molar-refractivity contribution in [2.24, 2.45) is 0 Å². The molecule has 0 radical (unpaired) electrons. The largest absolute Gasteiger partial charge is 0.384 e. The Balaban J connectivity index is 1.86. The van der Waals surface area contributed by atoms with E-state index in [4.69, 9.17) is 0 Å². The van der Waals surface area contributed by atoms with Crippen molar-refractivity contribution >= 4 is 11.6 Å². The van der Waals surface area contributed by atoms with Gasteiger partial charge in [-0.3, -0.25) is 4.79 Å². The molecule has 2 N–H and O–H groups in total. The lowest BCUT2D eigenvalue weighted by Gasteiger charge is -2.20. The monoisotopic (exact) mass is 275 g/mol. The lowest BCUT2D eigenvalue weighted by Crippen LogP contribution is -2.27. The van der Waals surface area contributed by atoms with Crippen LogP contribution in [-0.4, -0.2) is 44.5 Å². The van der Waals surface area contributed by atoms with Gasteiger partial charge in [-0.1, -0.05) is 12.1 Å². The van der Waals surface area contributed by atoms with Crippen LogP contribution >= 0.6 is 0 Å². The Labute approximate surface area is 121 Å². The number of nitrogens with one attached hydrogen (secondary N) is 2. The maximum atomic E-state index is 12.3. The van der Waals surface area contributed by atoms with E-state index in [-0.39, 0.29) is 5.91 Å². The van der Waals surface area contributed by atoms with Gasteiger partial charge in [0, 0.05) is 13.1 Å². The number of amides is 1. The molecule has 2 rings (SSSR count). The second kappa shape index (κ2) is 7.29. The Hall–Kier alpha value is -1.55. The first-order chi connectivity index (χ1) is 9.68. The summed E-state index contributed by atoms with van der Waals surface area (Å²) in [7, 11) is 4.14. The molecule has 0 bridgehead atoms. The maximum absolute atomic E-state index is 12.3. The van der Waals surface area contributed by atoms with E-state index in [0.717, 1.165) is 56.6 Å². The molecule has 20 heavy (non-hydrogen) atoms. The molecule has 0 atom stereocenters. The number of benzene rings is 1. The molecule has 0 spiro atoms. The molecule has 1 aromatic carbocycles. The van der Waals surface area contributed by atoms with Crippen LogP contribution in [0.5, 0.6) is 0 Å². The number of carbonyl (C=O) groups is 1. The van der Waals surface area contributed by atoms with Crippen molar-refractivity contribution in [1.82, 2.24) is 10.2 Å². The Morgan fingerprint density at radius 1 is 1.35 bits per heavy atom. The molecule has 110 valence electrons. The molecule has 0 saturated heterocycles. The minimum absolute atomic E-state index is 0.0427. The van der Waals surface area contributed by atoms with Crippen LogP contribution in [0.4, 0.5) is 5.69 Å². The van der Waals surface area contributed by atoms with Gasteiger partial charge >= 0.3 is 0 Å². The number of unbranched alkanes of at least 4 members (excludes halogenated alkanes) is 1. The van der Waals surface area contributed by atoms with Gasteiger partial charge in [-0.15, -0.1) is 0 Å². The van der Waals surface area contributed by atoms with Gasteiger partial charge in [-0.2, -0.15) is 0 Å². The number of hydrogen-bond donors (Lipinski definition) is 2. The molecule has 0 saturated carbocycles. The summed E-state index contributed by atoms with van der Waals surface area (Å²) in [6.45, 7) is 2.77. The standard InChI is InChI=1S/C16H25N3O/c1-19(2)12-4-3-10-18-16(20)14-9-5-7-13-8-6-11-17-15(13)14/h5,7,9,17H,3-4,6,8,10-12H2,1-2H3,(H,18,20). The molecule has 1 aliphatic rings. The zero-order valence-electron chi connectivity index (χ0n) is 12.5. The second-order valence-corrected chi connectivity index (χ2v) is 5.64. The molecule has 1 amide bonds. The van der Waals surface area contributed by atoms with Crippen molar-refractivity contribution in [2.75, 3.05) is 39.0 Å². The number of nitrogens with zero attached hydrogens (tertiary/aromatic N) is 1. The Morgan fingerprint density at radius 2 is 2.20 bits per heavy atom. The zero-order valence-corrected chi connectivity index (χ0v) is 12.5. The molecule has 1 aromatic rings. The predicted octanol–water partition coefficient (Wildman–Crippen LogP) is 2.12. The van der Waals surface area contributed by atoms with E-state index in [0.29, 0.717) is 0 Å². The molecule has 0 unspecified atom stereocenters. The molecular weight excluding hydrogens is 250 g/mol. The van der Waals surface area contributed by atoms with Crippen LogP contribution in [0.2, 0.25) is 0 Å². The van der Waals surface area contributed by atoms with Gasteiger partial charge in [0.15, 0.2) is 0 Å². The number of rotatable bonds is 6. The summed E-state index contributed by atoms with van der Waals surface area (Å²) < 4.78 is 0. The first-order valence-electron chi connectivity index (χ1n) is 7.47. The third kappa shape index (κ3) is 3.97. The molecule has 0 fully saturated rings. The maximum Gasteiger partial charge on any atom is 0.253 e. The summed E-state index contributed by atoms with van der Waals surface area (Å²) in [6, 6.07) is 5.99. The second-order valence-electron chi connectivity index (χ2n) is 5.64. The quantitative estimate of drug-likeness (QED) is 0.782. The average molecular weight is 275 g/mol. The van der Waals surface area contributed by atoms with Crippen molar-refractivity contribution in [3.8, 4) is 0 Å². The van der Waals surface area contributed by atoms with Gasteiger partial charge < -0.3 is 15.5 Å². The van der Waals surface area contributed by atoms with E-state index in [2.05, 4.69) is 35.7 Å². The number of para-hydroxylation sites is 1. The Bertz CT molecular complexity index is 457. The van der Waals surface area contributed by atoms with Gasteiger partial charge in [0.05, 0.1) is 11.3 Å². The zero-order chi connectivity index (χ0) is 14.4. The fourth-order valence-electron chi connectivity index (χ4n) is 2.55. The average Bonchev–Trinajstić information content (AvgIpc) is 2.45. The molecule has 1 aliphatic heterocycles. The fourth-order valence-corrected chi connectivity index (χ4v) is 2.55. The van der Waals surface area contributed by atoms with E-state index in [1.807, 2.05) is 12.1 Å². The summed E-state index contributed by atoms with van der Waals surface area (Å²) in [4.78, 5) is 14.4. The van der Waals surface area contributed by atoms with Crippen LogP contribution < -0.4 is 10.6 Å². The first kappa shape index (κ1) is 14.9. The van der Waals surface area contributed by atoms with E-state index >= 15 is 0 Å². The van der Waals surface area contributed by atoms with Crippen LogP contribution in [-0.2, 0) is 6.42 Å². The Morgan fingerprint density at radius 3 is 3.00 bits per heavy atom. The number of hydrogen-bond acceptors (Lipinski definition) is 3. The van der Waals surface area contributed by atoms with Gasteiger partial charge in [0.2, 0.25) is 0 Å². The van der Waals surface area contributed by atoms with E-state index in [1.54, 1.807) is 0 Å². The van der Waals surface area contributed by atoms with Crippen molar-refractivity contribution in [1.29, 1.82) is 0 Å². The molecular formula is C16H25N3O. The minimum atomic E-state index is 0.0427. The number of fused-ring (bicyclic) bond motifs is 1. The number of anilines is 1. The van der Waals surface area contributed by atoms with E-state index in [9.17, 15) is 4.79 Å². The molecule has 0 aromatic heterocycles. The SMILES string of the molecule is CN(C)CCCCNC(=O)c1cccc2c1NCCC2. The number of aryl methyl sites for hydroxylation is 1. The normalized spacial score (nSPS) is 13.8. The van der Waals surface area contributed by atoms with Crippen LogP contribution in [0.15, 0.2) is 18.2 Å². The lowest BCUT2D eigenvalue weighted by atomic mass is 9.99. The van der Waals surface area contributed by atoms with E-state index in [1.165, 1.54) is 5.56 Å².